The van der Waals surface area contributed by atoms with Gasteiger partial charge in [-0.3, -0.25) is 0 Å². The number of ether oxygens (including phenoxy) is 12. The molecule has 0 saturated heterocycles. The number of terminal acetylenes is 1. The highest BCUT2D eigenvalue weighted by atomic mass is 16.6. The summed E-state index contributed by atoms with van der Waals surface area (Å²) in [5, 5.41) is 0. The summed E-state index contributed by atoms with van der Waals surface area (Å²) < 4.78 is 64.5. The van der Waals surface area contributed by atoms with Gasteiger partial charge in [0.25, 0.3) is 0 Å². The molecule has 0 fully saturated rings. The average molecular weight is 584 g/mol. The lowest BCUT2D eigenvalue weighted by molar-refractivity contribution is -0.0281. The van der Waals surface area contributed by atoms with E-state index in [2.05, 4.69) is 5.92 Å². The smallest absolute Gasteiger partial charge is 0.107 e. The predicted octanol–water partition coefficient (Wildman–Crippen LogP) is -0.222. The van der Waals surface area contributed by atoms with Crippen LogP contribution < -0.4 is 5.73 Å². The Morgan fingerprint density at radius 2 is 0.475 bits per heavy atom. The first-order valence-corrected chi connectivity index (χ1v) is 14.0. The third kappa shape index (κ3) is 37.0. The Balaban J connectivity index is 3.02. The van der Waals surface area contributed by atoms with E-state index in [9.17, 15) is 0 Å². The molecule has 0 unspecified atom stereocenters. The lowest BCUT2D eigenvalue weighted by Gasteiger charge is -2.09. The molecule has 0 heterocycles. The Bertz CT molecular complexity index is 499. The van der Waals surface area contributed by atoms with Crippen molar-refractivity contribution in [3.63, 3.8) is 0 Å². The molecule has 2 N–H and O–H groups in total. The molecule has 0 aliphatic heterocycles. The zero-order chi connectivity index (χ0) is 28.9. The summed E-state index contributed by atoms with van der Waals surface area (Å²) in [5.41, 5.74) is 5.32. The summed E-state index contributed by atoms with van der Waals surface area (Å²) in [5.74, 6) is 2.40. The average Bonchev–Trinajstić information content (AvgIpc) is 2.97. The van der Waals surface area contributed by atoms with Crippen LogP contribution in [0.15, 0.2) is 0 Å². The maximum atomic E-state index is 5.46. The minimum atomic E-state index is 0.308. The lowest BCUT2D eigenvalue weighted by Crippen LogP contribution is -2.15. The molecule has 0 aromatic heterocycles. The first-order chi connectivity index (χ1) is 19.9. The fraction of sp³-hybridized carbons (Fsp3) is 0.926. The molecule has 13 heteroatoms. The number of hydrogen-bond donors (Lipinski definition) is 1. The van der Waals surface area contributed by atoms with Crippen molar-refractivity contribution < 1.29 is 56.8 Å². The molecule has 0 radical (unpaired) electrons. The summed E-state index contributed by atoms with van der Waals surface area (Å²) in [6.45, 7) is 12.7. The van der Waals surface area contributed by atoms with E-state index < -0.39 is 0 Å². The van der Waals surface area contributed by atoms with Crippen molar-refractivity contribution in [2.75, 3.05) is 165 Å². The molecular weight excluding hydrogens is 530 g/mol. The van der Waals surface area contributed by atoms with Gasteiger partial charge in [-0.15, -0.1) is 6.42 Å². The van der Waals surface area contributed by atoms with Crippen molar-refractivity contribution >= 4 is 0 Å². The van der Waals surface area contributed by atoms with E-state index in [0.717, 1.165) is 0 Å². The zero-order valence-corrected chi connectivity index (χ0v) is 24.2. The summed E-state index contributed by atoms with van der Waals surface area (Å²) in [6, 6.07) is 0. The van der Waals surface area contributed by atoms with Crippen LogP contribution in [0.25, 0.3) is 0 Å². The Kier molecular flexibility index (Phi) is 37.1. The molecule has 0 bridgehead atoms. The maximum absolute atomic E-state index is 5.46. The highest BCUT2D eigenvalue weighted by molar-refractivity contribution is 4.82. The van der Waals surface area contributed by atoms with E-state index in [4.69, 9.17) is 69.0 Å². The highest BCUT2D eigenvalue weighted by Gasteiger charge is 1.96. The van der Waals surface area contributed by atoms with Crippen molar-refractivity contribution in [2.24, 2.45) is 5.73 Å². The van der Waals surface area contributed by atoms with Crippen molar-refractivity contribution in [3.05, 3.63) is 0 Å². The van der Waals surface area contributed by atoms with Crippen LogP contribution in [-0.2, 0) is 56.8 Å². The molecule has 13 nitrogen and oxygen atoms in total. The Hall–Kier alpha value is -0.960. The summed E-state index contributed by atoms with van der Waals surface area (Å²) >= 11 is 0. The van der Waals surface area contributed by atoms with Gasteiger partial charge in [0, 0.05) is 6.54 Å². The van der Waals surface area contributed by atoms with Crippen LogP contribution in [0.3, 0.4) is 0 Å². The summed E-state index contributed by atoms with van der Waals surface area (Å²) in [7, 11) is 0. The Morgan fingerprint density at radius 1 is 0.300 bits per heavy atom. The Morgan fingerprint density at radius 3 is 0.650 bits per heavy atom. The maximum Gasteiger partial charge on any atom is 0.107 e. The van der Waals surface area contributed by atoms with E-state index in [1.54, 1.807) is 0 Å². The van der Waals surface area contributed by atoms with Gasteiger partial charge < -0.3 is 62.6 Å². The highest BCUT2D eigenvalue weighted by Crippen LogP contribution is 1.87. The van der Waals surface area contributed by atoms with Gasteiger partial charge in [-0.2, -0.15) is 0 Å². The molecule has 0 atom stereocenters. The van der Waals surface area contributed by atoms with E-state index >= 15 is 0 Å². The summed E-state index contributed by atoms with van der Waals surface area (Å²) in [4.78, 5) is 0. The van der Waals surface area contributed by atoms with Crippen LogP contribution in [0.4, 0.5) is 0 Å². The van der Waals surface area contributed by atoms with E-state index in [1.807, 2.05) is 0 Å². The molecule has 40 heavy (non-hydrogen) atoms. The normalized spacial score (nSPS) is 11.3. The van der Waals surface area contributed by atoms with Crippen LogP contribution in [0, 0.1) is 12.3 Å². The largest absolute Gasteiger partial charge is 0.378 e. The van der Waals surface area contributed by atoms with Gasteiger partial charge in [-0.1, -0.05) is 5.92 Å². The minimum absolute atomic E-state index is 0.308. The Labute approximate surface area is 240 Å². The minimum Gasteiger partial charge on any atom is -0.378 e. The third-order valence-electron chi connectivity index (χ3n) is 4.54. The predicted molar refractivity (Wildman–Crippen MR) is 148 cm³/mol. The number of rotatable bonds is 36. The monoisotopic (exact) mass is 583 g/mol. The third-order valence-corrected chi connectivity index (χ3v) is 4.54. The molecule has 0 spiro atoms. The number of nitrogens with two attached hydrogens (primary N) is 1. The van der Waals surface area contributed by atoms with Crippen LogP contribution in [0.2, 0.25) is 0 Å². The fourth-order valence-electron chi connectivity index (χ4n) is 2.63. The molecule has 238 valence electrons. The number of hydrogen-bond acceptors (Lipinski definition) is 13. The van der Waals surface area contributed by atoms with Gasteiger partial charge >= 0.3 is 0 Å². The van der Waals surface area contributed by atoms with Gasteiger partial charge in [-0.25, -0.2) is 0 Å². The molecule has 0 aliphatic carbocycles. The van der Waals surface area contributed by atoms with Crippen molar-refractivity contribution in [3.8, 4) is 12.3 Å². The van der Waals surface area contributed by atoms with Crippen molar-refractivity contribution in [1.82, 2.24) is 0 Å². The molecule has 0 amide bonds. The van der Waals surface area contributed by atoms with Crippen LogP contribution in [0.1, 0.15) is 0 Å². The van der Waals surface area contributed by atoms with Gasteiger partial charge in [0.15, 0.2) is 0 Å². The first-order valence-electron chi connectivity index (χ1n) is 14.0. The molecule has 0 aliphatic rings. The van der Waals surface area contributed by atoms with Crippen molar-refractivity contribution in [1.29, 1.82) is 0 Å². The molecule has 0 rings (SSSR count). The molecular formula is C27H53NO12. The van der Waals surface area contributed by atoms with E-state index in [0.29, 0.717) is 165 Å². The standard InChI is InChI=1S/C27H53NO12/c1-2-4-29-6-8-31-10-12-33-14-16-35-18-20-37-22-24-39-26-27-40-25-23-38-21-19-36-17-15-34-13-11-32-9-7-30-5-3-28/h1H,3-28H2. The van der Waals surface area contributed by atoms with Gasteiger partial charge in [-0.05, 0) is 0 Å². The van der Waals surface area contributed by atoms with Crippen LogP contribution in [-0.4, -0.2) is 165 Å². The van der Waals surface area contributed by atoms with Gasteiger partial charge in [0.1, 0.15) is 6.61 Å². The first kappa shape index (κ1) is 39.0. The van der Waals surface area contributed by atoms with Gasteiger partial charge in [0.05, 0.1) is 152 Å². The van der Waals surface area contributed by atoms with Crippen molar-refractivity contribution in [2.45, 2.75) is 0 Å². The molecule has 0 saturated carbocycles. The molecule has 0 aromatic carbocycles. The second kappa shape index (κ2) is 38.0. The fourth-order valence-corrected chi connectivity index (χ4v) is 2.63. The van der Waals surface area contributed by atoms with E-state index in [1.165, 1.54) is 0 Å². The summed E-state index contributed by atoms with van der Waals surface area (Å²) in [6.07, 6.45) is 5.07. The van der Waals surface area contributed by atoms with Crippen LogP contribution >= 0.6 is 0 Å². The topological polar surface area (TPSA) is 137 Å². The van der Waals surface area contributed by atoms with Crippen LogP contribution in [0.5, 0.6) is 0 Å². The zero-order valence-electron chi connectivity index (χ0n) is 24.2. The second-order valence-corrected chi connectivity index (χ2v) is 7.78. The quantitative estimate of drug-likeness (QED) is 0.0769. The van der Waals surface area contributed by atoms with Gasteiger partial charge in [0.2, 0.25) is 0 Å². The van der Waals surface area contributed by atoms with E-state index in [-0.39, 0.29) is 0 Å². The second-order valence-electron chi connectivity index (χ2n) is 7.78. The molecule has 0 aromatic rings. The lowest BCUT2D eigenvalue weighted by atomic mass is 10.6. The SMILES string of the molecule is C#CCOCCOCCOCCOCCOCCOCCOCCOCCOCCOCCOCCOCCN.